The number of hydrogen-bond donors (Lipinski definition) is 1. The highest BCUT2D eigenvalue weighted by Crippen LogP contribution is 2.22. The summed E-state index contributed by atoms with van der Waals surface area (Å²) in [6.45, 7) is 4.13. The highest BCUT2D eigenvalue weighted by Gasteiger charge is 2.23. The summed E-state index contributed by atoms with van der Waals surface area (Å²) in [4.78, 5) is 16.2. The van der Waals surface area contributed by atoms with E-state index in [1.54, 1.807) is 17.6 Å². The smallest absolute Gasteiger partial charge is 0.220 e. The van der Waals surface area contributed by atoms with Crippen LogP contribution in [0.25, 0.3) is 0 Å². The minimum Gasteiger partial charge on any atom is -0.467 e. The van der Waals surface area contributed by atoms with Crippen LogP contribution in [0.15, 0.2) is 58.7 Å². The van der Waals surface area contributed by atoms with Crippen molar-refractivity contribution >= 4 is 17.2 Å². The molecule has 1 aliphatic rings. The number of nitrogens with one attached hydrogen (secondary N) is 1. The van der Waals surface area contributed by atoms with Crippen molar-refractivity contribution in [3.05, 3.63) is 70.6 Å². The summed E-state index contributed by atoms with van der Waals surface area (Å²) >= 11 is 1.79. The third-order valence-corrected chi connectivity index (χ3v) is 5.62. The number of nitrogens with zero attached hydrogens (tertiary/aromatic N) is 2. The SMILES string of the molecule is O=C(C[C@H]1CN(Cc2cccs2)Cc2cccn2C1)NCc1ccco1. The summed E-state index contributed by atoms with van der Waals surface area (Å²) in [6, 6.07) is 12.3. The number of carbonyl (C=O) groups is 1. The van der Waals surface area contributed by atoms with Gasteiger partial charge in [0.15, 0.2) is 0 Å². The molecule has 0 radical (unpaired) electrons. The van der Waals surface area contributed by atoms with Crippen LogP contribution in [0.2, 0.25) is 0 Å². The summed E-state index contributed by atoms with van der Waals surface area (Å²) in [5, 5.41) is 5.09. The van der Waals surface area contributed by atoms with Gasteiger partial charge in [0.1, 0.15) is 5.76 Å². The van der Waals surface area contributed by atoms with E-state index >= 15 is 0 Å². The van der Waals surface area contributed by atoms with Gasteiger partial charge in [-0.3, -0.25) is 9.69 Å². The zero-order chi connectivity index (χ0) is 17.8. The Hall–Kier alpha value is -2.31. The fourth-order valence-corrected chi connectivity index (χ4v) is 4.32. The minimum absolute atomic E-state index is 0.0816. The lowest BCUT2D eigenvalue weighted by molar-refractivity contribution is -0.122. The third-order valence-electron chi connectivity index (χ3n) is 4.75. The molecule has 1 atom stereocenters. The highest BCUT2D eigenvalue weighted by molar-refractivity contribution is 7.09. The first kappa shape index (κ1) is 17.1. The van der Waals surface area contributed by atoms with Gasteiger partial charge in [-0.05, 0) is 41.6 Å². The Morgan fingerprint density at radius 3 is 3.00 bits per heavy atom. The predicted molar refractivity (Wildman–Crippen MR) is 102 cm³/mol. The molecule has 0 bridgehead atoms. The Kier molecular flexibility index (Phi) is 5.22. The van der Waals surface area contributed by atoms with Crippen molar-refractivity contribution in [2.45, 2.75) is 32.6 Å². The number of carbonyl (C=O) groups excluding carboxylic acids is 1. The number of amides is 1. The number of furan rings is 1. The standard InChI is InChI=1S/C20H23N3O2S/c24-20(21-11-18-5-2-8-25-18)10-16-12-22(15-19-6-3-9-26-19)14-17-4-1-7-23(17)13-16/h1-9,16H,10-15H2,(H,21,24)/t16-/m0/s1. The second-order valence-electron chi connectivity index (χ2n) is 6.83. The quantitative estimate of drug-likeness (QED) is 0.724. The zero-order valence-corrected chi connectivity index (χ0v) is 15.5. The monoisotopic (exact) mass is 369 g/mol. The number of aromatic nitrogens is 1. The molecular formula is C20H23N3O2S. The van der Waals surface area contributed by atoms with Gasteiger partial charge in [-0.25, -0.2) is 0 Å². The Morgan fingerprint density at radius 2 is 2.19 bits per heavy atom. The van der Waals surface area contributed by atoms with E-state index in [2.05, 4.69) is 50.6 Å². The molecule has 0 saturated heterocycles. The Balaban J connectivity index is 1.40. The van der Waals surface area contributed by atoms with Crippen LogP contribution in [0.1, 0.15) is 22.8 Å². The molecule has 0 aromatic carbocycles. The molecule has 3 aromatic rings. The van der Waals surface area contributed by atoms with E-state index < -0.39 is 0 Å². The van der Waals surface area contributed by atoms with Crippen molar-refractivity contribution in [1.29, 1.82) is 0 Å². The first-order chi connectivity index (χ1) is 12.8. The predicted octanol–water partition coefficient (Wildman–Crippen LogP) is 3.48. The van der Waals surface area contributed by atoms with Gasteiger partial charge in [0, 0.05) is 49.4 Å². The van der Waals surface area contributed by atoms with E-state index in [9.17, 15) is 4.79 Å². The van der Waals surface area contributed by atoms with Gasteiger partial charge in [-0.15, -0.1) is 11.3 Å². The molecular weight excluding hydrogens is 346 g/mol. The summed E-state index contributed by atoms with van der Waals surface area (Å²) in [5.41, 5.74) is 1.32. The fraction of sp³-hybridized carbons (Fsp3) is 0.350. The molecule has 26 heavy (non-hydrogen) atoms. The fourth-order valence-electron chi connectivity index (χ4n) is 3.57. The van der Waals surface area contributed by atoms with Gasteiger partial charge in [0.05, 0.1) is 12.8 Å². The van der Waals surface area contributed by atoms with E-state index in [1.807, 2.05) is 12.1 Å². The molecule has 3 aromatic heterocycles. The molecule has 1 aliphatic heterocycles. The molecule has 4 heterocycles. The second kappa shape index (κ2) is 7.93. The lowest BCUT2D eigenvalue weighted by Crippen LogP contribution is -2.32. The van der Waals surface area contributed by atoms with Gasteiger partial charge >= 0.3 is 0 Å². The van der Waals surface area contributed by atoms with E-state index in [4.69, 9.17) is 4.42 Å². The van der Waals surface area contributed by atoms with Gasteiger partial charge < -0.3 is 14.3 Å². The molecule has 5 nitrogen and oxygen atoms in total. The van der Waals surface area contributed by atoms with Crippen LogP contribution < -0.4 is 5.32 Å². The van der Waals surface area contributed by atoms with Crippen LogP contribution >= 0.6 is 11.3 Å². The molecule has 4 rings (SSSR count). The van der Waals surface area contributed by atoms with Crippen LogP contribution in [-0.4, -0.2) is 21.9 Å². The Bertz CT molecular complexity index is 823. The van der Waals surface area contributed by atoms with Crippen molar-refractivity contribution < 1.29 is 9.21 Å². The van der Waals surface area contributed by atoms with E-state index in [0.29, 0.717) is 18.9 Å². The average Bonchev–Trinajstić information content (AvgIpc) is 3.36. The highest BCUT2D eigenvalue weighted by atomic mass is 32.1. The number of rotatable bonds is 6. The topological polar surface area (TPSA) is 50.4 Å². The van der Waals surface area contributed by atoms with Gasteiger partial charge in [-0.1, -0.05) is 6.07 Å². The second-order valence-corrected chi connectivity index (χ2v) is 7.86. The van der Waals surface area contributed by atoms with Crippen molar-refractivity contribution in [3.63, 3.8) is 0 Å². The third kappa shape index (κ3) is 4.26. The maximum Gasteiger partial charge on any atom is 0.220 e. The first-order valence-electron chi connectivity index (χ1n) is 8.94. The van der Waals surface area contributed by atoms with Gasteiger partial charge in [-0.2, -0.15) is 0 Å². The van der Waals surface area contributed by atoms with E-state index in [0.717, 1.165) is 31.9 Å². The summed E-state index contributed by atoms with van der Waals surface area (Å²) in [5.74, 6) is 1.16. The van der Waals surface area contributed by atoms with Crippen LogP contribution in [0.5, 0.6) is 0 Å². The molecule has 0 aliphatic carbocycles. The minimum atomic E-state index is 0.0816. The number of thiophene rings is 1. The number of hydrogen-bond acceptors (Lipinski definition) is 4. The van der Waals surface area contributed by atoms with Crippen LogP contribution in [0, 0.1) is 5.92 Å². The lowest BCUT2D eigenvalue weighted by atomic mass is 10.0. The average molecular weight is 369 g/mol. The molecule has 0 saturated carbocycles. The largest absolute Gasteiger partial charge is 0.467 e. The Labute approximate surface area is 157 Å². The van der Waals surface area contributed by atoms with Gasteiger partial charge in [0.2, 0.25) is 5.91 Å². The van der Waals surface area contributed by atoms with Crippen LogP contribution in [0.3, 0.4) is 0 Å². The molecule has 0 unspecified atom stereocenters. The van der Waals surface area contributed by atoms with Crippen molar-refractivity contribution in [2.24, 2.45) is 5.92 Å². The molecule has 0 fully saturated rings. The molecule has 136 valence electrons. The van der Waals surface area contributed by atoms with Gasteiger partial charge in [0.25, 0.3) is 0 Å². The van der Waals surface area contributed by atoms with Crippen molar-refractivity contribution in [1.82, 2.24) is 14.8 Å². The van der Waals surface area contributed by atoms with Crippen LogP contribution in [0.4, 0.5) is 0 Å². The normalized spacial score (nSPS) is 17.6. The van der Waals surface area contributed by atoms with Crippen molar-refractivity contribution in [3.8, 4) is 0 Å². The summed E-state index contributed by atoms with van der Waals surface area (Å²) in [7, 11) is 0. The Morgan fingerprint density at radius 1 is 1.23 bits per heavy atom. The van der Waals surface area contributed by atoms with E-state index in [1.165, 1.54) is 10.6 Å². The first-order valence-corrected chi connectivity index (χ1v) is 9.82. The zero-order valence-electron chi connectivity index (χ0n) is 14.6. The maximum absolute atomic E-state index is 12.4. The van der Waals surface area contributed by atoms with Crippen LogP contribution in [-0.2, 0) is 31.0 Å². The summed E-state index contributed by atoms with van der Waals surface area (Å²) < 4.78 is 7.57. The van der Waals surface area contributed by atoms with Crippen molar-refractivity contribution in [2.75, 3.05) is 6.54 Å². The molecule has 6 heteroatoms. The lowest BCUT2D eigenvalue weighted by Gasteiger charge is -2.23. The summed E-state index contributed by atoms with van der Waals surface area (Å²) in [6.07, 6.45) is 4.28. The molecule has 0 spiro atoms. The molecule has 1 N–H and O–H groups in total. The molecule has 1 amide bonds. The maximum atomic E-state index is 12.4. The van der Waals surface area contributed by atoms with E-state index in [-0.39, 0.29) is 5.91 Å². The number of fused-ring (bicyclic) bond motifs is 1.